The van der Waals surface area contributed by atoms with E-state index in [0.29, 0.717) is 5.75 Å². The summed E-state index contributed by atoms with van der Waals surface area (Å²) in [6.07, 6.45) is 2.84. The van der Waals surface area contributed by atoms with Gasteiger partial charge in [-0.2, -0.15) is 5.01 Å². The van der Waals surface area contributed by atoms with Gasteiger partial charge in [-0.15, -0.1) is 0 Å². The second kappa shape index (κ2) is 5.65. The predicted molar refractivity (Wildman–Crippen MR) is 63.7 cm³/mol. The Morgan fingerprint density at radius 2 is 2.12 bits per heavy atom. The minimum absolute atomic E-state index is 0.285. The zero-order valence-corrected chi connectivity index (χ0v) is 9.63. The van der Waals surface area contributed by atoms with Crippen LogP contribution >= 0.6 is 0 Å². The van der Waals surface area contributed by atoms with E-state index >= 15 is 0 Å². The number of benzene rings is 1. The minimum atomic E-state index is -0.311. The van der Waals surface area contributed by atoms with Crippen LogP contribution in [-0.2, 0) is 4.79 Å². The van der Waals surface area contributed by atoms with Gasteiger partial charge in [0.25, 0.3) is 0 Å². The second-order valence-corrected chi connectivity index (χ2v) is 4.11. The summed E-state index contributed by atoms with van der Waals surface area (Å²) in [5, 5.41) is 1.76. The van der Waals surface area contributed by atoms with Crippen LogP contribution in [-0.4, -0.2) is 23.5 Å². The van der Waals surface area contributed by atoms with Crippen LogP contribution < -0.4 is 16.2 Å². The fourth-order valence-electron chi connectivity index (χ4n) is 1.94. The molecule has 92 valence electrons. The lowest BCUT2D eigenvalue weighted by Crippen LogP contribution is -2.55. The van der Waals surface area contributed by atoms with Gasteiger partial charge in [0.2, 0.25) is 5.91 Å². The number of hydrazine groups is 1. The van der Waals surface area contributed by atoms with Crippen molar-refractivity contribution in [3.05, 3.63) is 30.3 Å². The molecule has 0 radical (unpaired) electrons. The molecule has 3 N–H and O–H groups in total. The summed E-state index contributed by atoms with van der Waals surface area (Å²) in [7, 11) is 0. The summed E-state index contributed by atoms with van der Waals surface area (Å²) in [4.78, 5) is 16.7. The molecule has 0 bridgehead atoms. The van der Waals surface area contributed by atoms with Crippen LogP contribution in [0, 0.1) is 0 Å². The van der Waals surface area contributed by atoms with Crippen molar-refractivity contribution in [3.8, 4) is 5.75 Å². The van der Waals surface area contributed by atoms with E-state index in [1.54, 1.807) is 5.01 Å². The van der Waals surface area contributed by atoms with Gasteiger partial charge in [0, 0.05) is 6.54 Å². The average molecular weight is 235 g/mol. The van der Waals surface area contributed by atoms with Crippen LogP contribution in [0.4, 0.5) is 0 Å². The molecule has 0 spiro atoms. The van der Waals surface area contributed by atoms with Crippen LogP contribution in [0.2, 0.25) is 0 Å². The molecule has 1 heterocycles. The maximum atomic E-state index is 11.3. The van der Waals surface area contributed by atoms with E-state index in [0.717, 1.165) is 25.8 Å². The predicted octanol–water partition coefficient (Wildman–Crippen LogP) is 0.825. The molecule has 1 aromatic rings. The molecule has 1 amide bonds. The Bertz CT molecular complexity index is 369. The quantitative estimate of drug-likeness (QED) is 0.758. The highest BCUT2D eigenvalue weighted by atomic mass is 16.7. The molecule has 0 aliphatic carbocycles. The number of piperidine rings is 1. The van der Waals surface area contributed by atoms with E-state index in [9.17, 15) is 4.79 Å². The molecule has 1 aliphatic heterocycles. The average Bonchev–Trinajstić information content (AvgIpc) is 2.38. The van der Waals surface area contributed by atoms with E-state index in [4.69, 9.17) is 10.6 Å². The molecule has 1 aromatic carbocycles. The van der Waals surface area contributed by atoms with Crippen molar-refractivity contribution in [2.24, 2.45) is 5.73 Å². The lowest BCUT2D eigenvalue weighted by atomic mass is 10.0. The third-order valence-electron chi connectivity index (χ3n) is 2.86. The summed E-state index contributed by atoms with van der Waals surface area (Å²) in [6, 6.07) is 9.09. The molecule has 17 heavy (non-hydrogen) atoms. The molecule has 1 atom stereocenters. The van der Waals surface area contributed by atoms with E-state index in [1.807, 2.05) is 30.3 Å². The first kappa shape index (κ1) is 11.9. The largest absolute Gasteiger partial charge is 0.394 e. The number of hydrogen-bond acceptors (Lipinski definition) is 4. The number of carbonyl (C=O) groups excluding carboxylic acids is 1. The van der Waals surface area contributed by atoms with Gasteiger partial charge in [0.05, 0.1) is 0 Å². The van der Waals surface area contributed by atoms with Crippen LogP contribution in [0.25, 0.3) is 0 Å². The summed E-state index contributed by atoms with van der Waals surface area (Å²) >= 11 is 0. The summed E-state index contributed by atoms with van der Waals surface area (Å²) in [5.41, 5.74) is 8.15. The number of primary amides is 1. The number of rotatable bonds is 4. The molecular formula is C12H17N3O2. The number of nitrogens with one attached hydrogen (secondary N) is 1. The minimum Gasteiger partial charge on any atom is -0.394 e. The van der Waals surface area contributed by atoms with Gasteiger partial charge < -0.3 is 10.6 Å². The van der Waals surface area contributed by atoms with Crippen LogP contribution in [0.15, 0.2) is 30.3 Å². The molecule has 0 unspecified atom stereocenters. The fraction of sp³-hybridized carbons (Fsp3) is 0.417. The topological polar surface area (TPSA) is 67.6 Å². The van der Waals surface area contributed by atoms with E-state index in [1.165, 1.54) is 0 Å². The molecule has 1 fully saturated rings. The highest BCUT2D eigenvalue weighted by Gasteiger charge is 2.27. The Morgan fingerprint density at radius 1 is 1.35 bits per heavy atom. The number of hydrogen-bond donors (Lipinski definition) is 2. The number of amides is 1. The standard InChI is InChI=1S/C12H17N3O2/c13-12(16)11-8-4-5-9-15(11)14-17-10-6-2-1-3-7-10/h1-3,6-7,11,14H,4-5,8-9H2,(H2,13,16)/t11-/m1/s1. The van der Waals surface area contributed by atoms with Gasteiger partial charge in [-0.1, -0.05) is 23.8 Å². The van der Waals surface area contributed by atoms with Crippen molar-refractivity contribution in [1.82, 2.24) is 10.6 Å². The van der Waals surface area contributed by atoms with Gasteiger partial charge >= 0.3 is 0 Å². The monoisotopic (exact) mass is 235 g/mol. The van der Waals surface area contributed by atoms with E-state index in [-0.39, 0.29) is 11.9 Å². The maximum Gasteiger partial charge on any atom is 0.236 e. The number of nitrogens with two attached hydrogens (primary N) is 1. The zero-order valence-electron chi connectivity index (χ0n) is 9.63. The van der Waals surface area contributed by atoms with Crippen molar-refractivity contribution in [3.63, 3.8) is 0 Å². The van der Waals surface area contributed by atoms with Gasteiger partial charge in [0.15, 0.2) is 0 Å². The van der Waals surface area contributed by atoms with Gasteiger partial charge in [-0.3, -0.25) is 4.79 Å². The van der Waals surface area contributed by atoms with Gasteiger partial charge in [-0.05, 0) is 31.4 Å². The van der Waals surface area contributed by atoms with Gasteiger partial charge in [-0.25, -0.2) is 0 Å². The Kier molecular flexibility index (Phi) is 3.95. The molecular weight excluding hydrogens is 218 g/mol. The van der Waals surface area contributed by atoms with Crippen molar-refractivity contribution in [1.29, 1.82) is 0 Å². The Labute approximate surface area is 100 Å². The summed E-state index contributed by atoms with van der Waals surface area (Å²) < 4.78 is 0. The summed E-state index contributed by atoms with van der Waals surface area (Å²) in [6.45, 7) is 0.764. The van der Waals surface area contributed by atoms with Crippen molar-refractivity contribution < 1.29 is 9.63 Å². The molecule has 1 saturated heterocycles. The van der Waals surface area contributed by atoms with Crippen molar-refractivity contribution in [2.45, 2.75) is 25.3 Å². The first-order valence-electron chi connectivity index (χ1n) is 5.81. The van der Waals surface area contributed by atoms with Crippen LogP contribution in [0.5, 0.6) is 5.75 Å². The highest BCUT2D eigenvalue weighted by Crippen LogP contribution is 2.15. The Morgan fingerprint density at radius 3 is 2.82 bits per heavy atom. The third-order valence-corrected chi connectivity index (χ3v) is 2.86. The molecule has 0 saturated carbocycles. The Balaban J connectivity index is 1.90. The molecule has 5 nitrogen and oxygen atoms in total. The molecule has 5 heteroatoms. The SMILES string of the molecule is NC(=O)[C@H]1CCCCN1NOc1ccccc1. The lowest BCUT2D eigenvalue weighted by Gasteiger charge is -2.32. The lowest BCUT2D eigenvalue weighted by molar-refractivity contribution is -0.131. The third kappa shape index (κ3) is 3.18. The normalized spacial score (nSPS) is 21.1. The van der Waals surface area contributed by atoms with Crippen LogP contribution in [0.1, 0.15) is 19.3 Å². The number of carbonyl (C=O) groups is 1. The van der Waals surface area contributed by atoms with Crippen LogP contribution in [0.3, 0.4) is 0 Å². The fourth-order valence-corrected chi connectivity index (χ4v) is 1.94. The first-order valence-corrected chi connectivity index (χ1v) is 5.81. The number of nitrogens with zero attached hydrogens (tertiary/aromatic N) is 1. The van der Waals surface area contributed by atoms with Crippen molar-refractivity contribution >= 4 is 5.91 Å². The molecule has 1 aliphatic rings. The van der Waals surface area contributed by atoms with Gasteiger partial charge in [0.1, 0.15) is 11.8 Å². The molecule has 0 aromatic heterocycles. The molecule has 2 rings (SSSR count). The highest BCUT2D eigenvalue weighted by molar-refractivity contribution is 5.79. The van der Waals surface area contributed by atoms with Crippen molar-refractivity contribution in [2.75, 3.05) is 6.54 Å². The summed E-state index contributed by atoms with van der Waals surface area (Å²) in [5.74, 6) is 0.398. The number of para-hydroxylation sites is 1. The van der Waals surface area contributed by atoms with E-state index < -0.39 is 0 Å². The zero-order chi connectivity index (χ0) is 12.1. The maximum absolute atomic E-state index is 11.3. The first-order chi connectivity index (χ1) is 8.27. The van der Waals surface area contributed by atoms with E-state index in [2.05, 4.69) is 5.59 Å². The second-order valence-electron chi connectivity index (χ2n) is 4.11. The smallest absolute Gasteiger partial charge is 0.236 e. The Hall–Kier alpha value is -1.59.